The third-order valence-corrected chi connectivity index (χ3v) is 2.90. The highest BCUT2D eigenvalue weighted by molar-refractivity contribution is 5.18. The molecule has 5 heteroatoms. The second kappa shape index (κ2) is 4.86. The van der Waals surface area contributed by atoms with Gasteiger partial charge in [0.25, 0.3) is 0 Å². The lowest BCUT2D eigenvalue weighted by molar-refractivity contribution is 0.438. The lowest BCUT2D eigenvalue weighted by Gasteiger charge is -1.97. The molecule has 0 atom stereocenters. The van der Waals surface area contributed by atoms with Crippen molar-refractivity contribution in [2.75, 3.05) is 0 Å². The van der Waals surface area contributed by atoms with Gasteiger partial charge in [0.2, 0.25) is 11.8 Å². The maximum atomic E-state index is 12.8. The van der Waals surface area contributed by atoms with E-state index in [-0.39, 0.29) is 5.82 Å². The first-order valence-corrected chi connectivity index (χ1v) is 6.09. The molecule has 4 nitrogen and oxygen atoms in total. The highest BCUT2D eigenvalue weighted by Gasteiger charge is 2.21. The second-order valence-electron chi connectivity index (χ2n) is 4.55. The minimum Gasteiger partial charge on any atom is -0.424 e. The Kier molecular flexibility index (Phi) is 3.06. The molecule has 2 aromatic rings. The number of rotatable bonds is 5. The maximum Gasteiger partial charge on any atom is 0.230 e. The molecule has 1 aliphatic carbocycles. The fourth-order valence-electron chi connectivity index (χ4n) is 1.73. The van der Waals surface area contributed by atoms with Gasteiger partial charge in [0.05, 0.1) is 13.0 Å². The number of aromatic nitrogens is 2. The molecule has 0 amide bonds. The SMILES string of the molecule is Fc1ccc(Cc2nnc(CNC3CC3)o2)cc1. The second-order valence-corrected chi connectivity index (χ2v) is 4.55. The van der Waals surface area contributed by atoms with Gasteiger partial charge in [-0.3, -0.25) is 0 Å². The molecule has 0 saturated heterocycles. The van der Waals surface area contributed by atoms with Gasteiger partial charge >= 0.3 is 0 Å². The number of hydrogen-bond acceptors (Lipinski definition) is 4. The van der Waals surface area contributed by atoms with Crippen molar-refractivity contribution in [3.63, 3.8) is 0 Å². The number of nitrogens with zero attached hydrogens (tertiary/aromatic N) is 2. The molecule has 1 saturated carbocycles. The quantitative estimate of drug-likeness (QED) is 0.878. The summed E-state index contributed by atoms with van der Waals surface area (Å²) in [5, 5.41) is 11.3. The fourth-order valence-corrected chi connectivity index (χ4v) is 1.73. The minimum atomic E-state index is -0.237. The molecule has 0 unspecified atom stereocenters. The van der Waals surface area contributed by atoms with E-state index < -0.39 is 0 Å². The van der Waals surface area contributed by atoms with Crippen LogP contribution in [0.3, 0.4) is 0 Å². The Balaban J connectivity index is 1.60. The van der Waals surface area contributed by atoms with E-state index in [1.165, 1.54) is 25.0 Å². The van der Waals surface area contributed by atoms with Crippen molar-refractivity contribution in [1.82, 2.24) is 15.5 Å². The van der Waals surface area contributed by atoms with Crippen molar-refractivity contribution in [2.45, 2.75) is 31.8 Å². The monoisotopic (exact) mass is 247 g/mol. The molecular weight excluding hydrogens is 233 g/mol. The molecule has 94 valence electrons. The van der Waals surface area contributed by atoms with Crippen LogP contribution in [0.15, 0.2) is 28.7 Å². The lowest BCUT2D eigenvalue weighted by Crippen LogP contribution is -2.15. The molecule has 1 heterocycles. The average Bonchev–Trinajstić information content (AvgIpc) is 3.10. The van der Waals surface area contributed by atoms with Crippen molar-refractivity contribution in [1.29, 1.82) is 0 Å². The van der Waals surface area contributed by atoms with Crippen molar-refractivity contribution >= 4 is 0 Å². The zero-order chi connectivity index (χ0) is 12.4. The first-order chi connectivity index (χ1) is 8.79. The van der Waals surface area contributed by atoms with E-state index >= 15 is 0 Å². The first kappa shape index (κ1) is 11.3. The molecule has 1 aromatic carbocycles. The topological polar surface area (TPSA) is 51.0 Å². The van der Waals surface area contributed by atoms with Crippen molar-refractivity contribution in [3.8, 4) is 0 Å². The van der Waals surface area contributed by atoms with Crippen LogP contribution in [0.4, 0.5) is 4.39 Å². The first-order valence-electron chi connectivity index (χ1n) is 6.09. The largest absolute Gasteiger partial charge is 0.424 e. The Morgan fingerprint density at radius 2 is 1.89 bits per heavy atom. The van der Waals surface area contributed by atoms with Crippen molar-refractivity contribution in [2.24, 2.45) is 0 Å². The van der Waals surface area contributed by atoms with E-state index in [1.807, 2.05) is 0 Å². The van der Waals surface area contributed by atoms with E-state index in [4.69, 9.17) is 4.42 Å². The highest BCUT2D eigenvalue weighted by Crippen LogP contribution is 2.19. The summed E-state index contributed by atoms with van der Waals surface area (Å²) in [5.74, 6) is 0.937. The molecule has 18 heavy (non-hydrogen) atoms. The molecule has 1 aromatic heterocycles. The summed E-state index contributed by atoms with van der Waals surface area (Å²) in [6, 6.07) is 6.93. The van der Waals surface area contributed by atoms with Crippen LogP contribution in [0.2, 0.25) is 0 Å². The number of hydrogen-bond donors (Lipinski definition) is 1. The standard InChI is InChI=1S/C13H14FN3O/c14-10-3-1-9(2-4-10)7-12-16-17-13(18-12)8-15-11-5-6-11/h1-4,11,15H,5-8H2. The normalized spacial score (nSPS) is 14.9. The predicted molar refractivity (Wildman–Crippen MR) is 63.4 cm³/mol. The summed E-state index contributed by atoms with van der Waals surface area (Å²) in [5.41, 5.74) is 0.960. The van der Waals surface area contributed by atoms with E-state index in [0.29, 0.717) is 30.8 Å². The molecule has 0 aliphatic heterocycles. The molecule has 0 radical (unpaired) electrons. The summed E-state index contributed by atoms with van der Waals surface area (Å²) >= 11 is 0. The van der Waals surface area contributed by atoms with Gasteiger partial charge in [0.15, 0.2) is 0 Å². The Morgan fingerprint density at radius 1 is 1.17 bits per heavy atom. The molecule has 0 spiro atoms. The predicted octanol–water partition coefficient (Wildman–Crippen LogP) is 2.05. The van der Waals surface area contributed by atoms with E-state index in [2.05, 4.69) is 15.5 Å². The Bertz CT molecular complexity index is 519. The summed E-state index contributed by atoms with van der Waals surface area (Å²) in [6.45, 7) is 0.626. The van der Waals surface area contributed by atoms with Gasteiger partial charge in [-0.1, -0.05) is 12.1 Å². The lowest BCUT2D eigenvalue weighted by atomic mass is 10.1. The van der Waals surface area contributed by atoms with Crippen molar-refractivity contribution in [3.05, 3.63) is 47.4 Å². The van der Waals surface area contributed by atoms with Crippen LogP contribution in [0.1, 0.15) is 30.2 Å². The Morgan fingerprint density at radius 3 is 2.61 bits per heavy atom. The Hall–Kier alpha value is -1.75. The number of nitrogens with one attached hydrogen (secondary N) is 1. The summed E-state index contributed by atoms with van der Waals surface area (Å²) in [7, 11) is 0. The van der Waals surface area contributed by atoms with Gasteiger partial charge in [-0.05, 0) is 30.5 Å². The van der Waals surface area contributed by atoms with E-state index in [0.717, 1.165) is 5.56 Å². The van der Waals surface area contributed by atoms with Gasteiger partial charge in [-0.2, -0.15) is 0 Å². The van der Waals surface area contributed by atoms with Crippen molar-refractivity contribution < 1.29 is 8.81 Å². The third-order valence-electron chi connectivity index (χ3n) is 2.90. The number of halogens is 1. The van der Waals surface area contributed by atoms with Crippen LogP contribution in [-0.4, -0.2) is 16.2 Å². The van der Waals surface area contributed by atoms with Gasteiger partial charge in [-0.25, -0.2) is 4.39 Å². The van der Waals surface area contributed by atoms with Gasteiger partial charge < -0.3 is 9.73 Å². The summed E-state index contributed by atoms with van der Waals surface area (Å²) in [4.78, 5) is 0. The van der Waals surface area contributed by atoms with Gasteiger partial charge in [-0.15, -0.1) is 10.2 Å². The smallest absolute Gasteiger partial charge is 0.230 e. The highest BCUT2D eigenvalue weighted by atomic mass is 19.1. The van der Waals surface area contributed by atoms with Crippen LogP contribution in [0.5, 0.6) is 0 Å². The Labute approximate surface area is 104 Å². The zero-order valence-electron chi connectivity index (χ0n) is 9.90. The maximum absolute atomic E-state index is 12.8. The molecule has 0 bridgehead atoms. The van der Waals surface area contributed by atoms with Crippen LogP contribution < -0.4 is 5.32 Å². The zero-order valence-corrected chi connectivity index (χ0v) is 9.90. The average molecular weight is 247 g/mol. The van der Waals surface area contributed by atoms with E-state index in [9.17, 15) is 4.39 Å². The van der Waals surface area contributed by atoms with E-state index in [1.54, 1.807) is 12.1 Å². The fraction of sp³-hybridized carbons (Fsp3) is 0.385. The van der Waals surface area contributed by atoms with Gasteiger partial charge in [0, 0.05) is 6.04 Å². The van der Waals surface area contributed by atoms with Crippen LogP contribution >= 0.6 is 0 Å². The molecule has 3 rings (SSSR count). The minimum absolute atomic E-state index is 0.237. The third kappa shape index (κ3) is 2.92. The molecule has 1 aliphatic rings. The summed E-state index contributed by atoms with van der Waals surface area (Å²) < 4.78 is 18.3. The molecular formula is C13H14FN3O. The van der Waals surface area contributed by atoms with Crippen LogP contribution in [0, 0.1) is 5.82 Å². The van der Waals surface area contributed by atoms with Gasteiger partial charge in [0.1, 0.15) is 5.82 Å². The van der Waals surface area contributed by atoms with Crippen LogP contribution in [0.25, 0.3) is 0 Å². The molecule has 1 fully saturated rings. The number of benzene rings is 1. The molecule has 1 N–H and O–H groups in total. The summed E-state index contributed by atoms with van der Waals surface area (Å²) in [6.07, 6.45) is 3.00. The van der Waals surface area contributed by atoms with Crippen LogP contribution in [-0.2, 0) is 13.0 Å².